The number of aromatic nitrogens is 1. The molecule has 1 aromatic carbocycles. The molecule has 6 nitrogen and oxygen atoms in total. The molecular formula is C16H10ClN3O3S. The third-order valence-electron chi connectivity index (χ3n) is 3.06. The Morgan fingerprint density at radius 2 is 2.29 bits per heavy atom. The SMILES string of the molecule is COc1ccc2nc(NC(=O)/C(C#N)=C/c3ccc(Cl)o3)sc2c1. The number of nitrogens with one attached hydrogen (secondary N) is 1. The topological polar surface area (TPSA) is 88.1 Å². The molecule has 0 saturated heterocycles. The number of benzene rings is 1. The monoisotopic (exact) mass is 359 g/mol. The quantitative estimate of drug-likeness (QED) is 0.559. The van der Waals surface area contributed by atoms with E-state index in [2.05, 4.69) is 10.3 Å². The Morgan fingerprint density at radius 1 is 1.46 bits per heavy atom. The minimum Gasteiger partial charge on any atom is -0.497 e. The molecule has 0 unspecified atom stereocenters. The van der Waals surface area contributed by atoms with Crippen molar-refractivity contribution in [2.75, 3.05) is 12.4 Å². The van der Waals surface area contributed by atoms with E-state index in [1.54, 1.807) is 25.3 Å². The van der Waals surface area contributed by atoms with Gasteiger partial charge in [0.05, 0.1) is 17.3 Å². The van der Waals surface area contributed by atoms with Gasteiger partial charge in [-0.1, -0.05) is 11.3 Å². The molecule has 24 heavy (non-hydrogen) atoms. The molecule has 2 aromatic heterocycles. The van der Waals surface area contributed by atoms with Crippen LogP contribution in [0.2, 0.25) is 5.22 Å². The predicted molar refractivity (Wildman–Crippen MR) is 92.1 cm³/mol. The van der Waals surface area contributed by atoms with E-state index in [1.807, 2.05) is 12.1 Å². The molecule has 0 fully saturated rings. The van der Waals surface area contributed by atoms with Crippen LogP contribution < -0.4 is 10.1 Å². The fourth-order valence-corrected chi connectivity index (χ4v) is 2.99. The highest BCUT2D eigenvalue weighted by Crippen LogP contribution is 2.29. The Balaban J connectivity index is 1.83. The Labute approximate surface area is 145 Å². The standard InChI is InChI=1S/C16H10ClN3O3S/c1-22-10-2-4-12-13(7-10)24-16(19-12)20-15(21)9(8-18)6-11-3-5-14(17)23-11/h2-7H,1H3,(H,19,20,21)/b9-6+. The number of nitrogens with zero attached hydrogens (tertiary/aromatic N) is 2. The normalized spacial score (nSPS) is 11.3. The van der Waals surface area contributed by atoms with Gasteiger partial charge in [-0.15, -0.1) is 0 Å². The summed E-state index contributed by atoms with van der Waals surface area (Å²) in [7, 11) is 1.58. The number of halogens is 1. The molecule has 0 aliphatic rings. The number of hydrogen-bond acceptors (Lipinski definition) is 6. The van der Waals surface area contributed by atoms with Crippen LogP contribution in [0.5, 0.6) is 5.75 Å². The molecule has 2 heterocycles. The number of carbonyl (C=O) groups is 1. The van der Waals surface area contributed by atoms with Crippen LogP contribution in [0.3, 0.4) is 0 Å². The lowest BCUT2D eigenvalue weighted by atomic mass is 10.2. The fraction of sp³-hybridized carbons (Fsp3) is 0.0625. The first kappa shape index (κ1) is 16.1. The highest BCUT2D eigenvalue weighted by molar-refractivity contribution is 7.22. The van der Waals surface area contributed by atoms with Gasteiger partial charge in [-0.25, -0.2) is 4.98 Å². The molecule has 0 aliphatic heterocycles. The first-order valence-electron chi connectivity index (χ1n) is 6.72. The molecule has 3 rings (SSSR count). The average Bonchev–Trinajstić information content (AvgIpc) is 3.16. The third-order valence-corrected chi connectivity index (χ3v) is 4.20. The van der Waals surface area contributed by atoms with E-state index in [-0.39, 0.29) is 10.8 Å². The lowest BCUT2D eigenvalue weighted by Crippen LogP contribution is -2.13. The largest absolute Gasteiger partial charge is 0.497 e. The van der Waals surface area contributed by atoms with Gasteiger partial charge >= 0.3 is 0 Å². The van der Waals surface area contributed by atoms with Crippen LogP contribution >= 0.6 is 22.9 Å². The number of ether oxygens (including phenoxy) is 1. The summed E-state index contributed by atoms with van der Waals surface area (Å²) in [5.74, 6) is 0.452. The Kier molecular flexibility index (Phi) is 4.51. The number of hydrogen-bond donors (Lipinski definition) is 1. The van der Waals surface area contributed by atoms with Crippen LogP contribution in [0.1, 0.15) is 5.76 Å². The summed E-state index contributed by atoms with van der Waals surface area (Å²) in [4.78, 5) is 16.5. The number of furan rings is 1. The van der Waals surface area contributed by atoms with E-state index in [0.29, 0.717) is 16.6 Å². The smallest absolute Gasteiger partial charge is 0.268 e. The van der Waals surface area contributed by atoms with E-state index in [4.69, 9.17) is 26.0 Å². The number of thiazole rings is 1. The van der Waals surface area contributed by atoms with E-state index >= 15 is 0 Å². The van der Waals surface area contributed by atoms with E-state index in [0.717, 1.165) is 10.2 Å². The highest BCUT2D eigenvalue weighted by Gasteiger charge is 2.13. The number of fused-ring (bicyclic) bond motifs is 1. The van der Waals surface area contributed by atoms with E-state index in [1.165, 1.54) is 23.5 Å². The molecule has 1 N–H and O–H groups in total. The second kappa shape index (κ2) is 6.74. The van der Waals surface area contributed by atoms with Gasteiger partial charge in [-0.2, -0.15) is 5.26 Å². The van der Waals surface area contributed by atoms with Crippen LogP contribution in [-0.4, -0.2) is 18.0 Å². The second-order valence-corrected chi connectivity index (χ2v) is 6.02. The fourth-order valence-electron chi connectivity index (χ4n) is 1.95. The second-order valence-electron chi connectivity index (χ2n) is 4.62. The first-order valence-corrected chi connectivity index (χ1v) is 7.91. The molecule has 0 spiro atoms. The van der Waals surface area contributed by atoms with Gasteiger partial charge in [0.2, 0.25) is 0 Å². The number of nitriles is 1. The molecule has 0 atom stereocenters. The van der Waals surface area contributed by atoms with Crippen LogP contribution in [0.4, 0.5) is 5.13 Å². The van der Waals surface area contributed by atoms with Crippen molar-refractivity contribution in [3.8, 4) is 11.8 Å². The van der Waals surface area contributed by atoms with Gasteiger partial charge < -0.3 is 9.15 Å². The summed E-state index contributed by atoms with van der Waals surface area (Å²) in [6.45, 7) is 0. The molecule has 1 amide bonds. The lowest BCUT2D eigenvalue weighted by molar-refractivity contribution is -0.112. The van der Waals surface area contributed by atoms with Gasteiger partial charge in [0.1, 0.15) is 23.2 Å². The maximum absolute atomic E-state index is 12.2. The Bertz CT molecular complexity index is 984. The summed E-state index contributed by atoms with van der Waals surface area (Å²) in [6.07, 6.45) is 1.32. The van der Waals surface area contributed by atoms with Crippen molar-refractivity contribution in [3.63, 3.8) is 0 Å². The number of amides is 1. The van der Waals surface area contributed by atoms with Gasteiger partial charge in [0.15, 0.2) is 10.4 Å². The number of rotatable bonds is 4. The summed E-state index contributed by atoms with van der Waals surface area (Å²) < 4.78 is 11.1. The van der Waals surface area contributed by atoms with Crippen LogP contribution in [-0.2, 0) is 4.79 Å². The van der Waals surface area contributed by atoms with Gasteiger partial charge in [-0.05, 0) is 41.9 Å². The molecular weight excluding hydrogens is 350 g/mol. The Hall–Kier alpha value is -2.82. The van der Waals surface area contributed by atoms with Crippen molar-refractivity contribution in [1.29, 1.82) is 5.26 Å². The molecule has 0 saturated carbocycles. The van der Waals surface area contributed by atoms with Crippen LogP contribution in [0.15, 0.2) is 40.3 Å². The minimum atomic E-state index is -0.573. The Morgan fingerprint density at radius 3 is 2.96 bits per heavy atom. The maximum atomic E-state index is 12.2. The maximum Gasteiger partial charge on any atom is 0.268 e. The van der Waals surface area contributed by atoms with Crippen molar-refractivity contribution in [1.82, 2.24) is 4.98 Å². The van der Waals surface area contributed by atoms with Crippen molar-refractivity contribution in [2.45, 2.75) is 0 Å². The summed E-state index contributed by atoms with van der Waals surface area (Å²) in [6, 6.07) is 10.3. The third kappa shape index (κ3) is 3.40. The number of anilines is 1. The van der Waals surface area contributed by atoms with E-state index < -0.39 is 5.91 Å². The van der Waals surface area contributed by atoms with Crippen molar-refractivity contribution < 1.29 is 13.9 Å². The first-order chi connectivity index (χ1) is 11.6. The summed E-state index contributed by atoms with van der Waals surface area (Å²) in [5, 5.41) is 12.3. The molecule has 0 radical (unpaired) electrons. The lowest BCUT2D eigenvalue weighted by Gasteiger charge is -1.98. The molecule has 0 aliphatic carbocycles. The zero-order valence-corrected chi connectivity index (χ0v) is 13.9. The molecule has 0 bridgehead atoms. The molecule has 8 heteroatoms. The van der Waals surface area contributed by atoms with E-state index in [9.17, 15) is 4.79 Å². The van der Waals surface area contributed by atoms with Crippen LogP contribution in [0.25, 0.3) is 16.3 Å². The van der Waals surface area contributed by atoms with Crippen molar-refractivity contribution in [2.24, 2.45) is 0 Å². The average molecular weight is 360 g/mol. The predicted octanol–water partition coefficient (Wildman–Crippen LogP) is 4.10. The zero-order chi connectivity index (χ0) is 17.1. The van der Waals surface area contributed by atoms with Crippen LogP contribution in [0, 0.1) is 11.3 Å². The minimum absolute atomic E-state index is 0.113. The molecule has 120 valence electrons. The zero-order valence-electron chi connectivity index (χ0n) is 12.4. The van der Waals surface area contributed by atoms with Crippen molar-refractivity contribution in [3.05, 3.63) is 46.9 Å². The van der Waals surface area contributed by atoms with Crippen molar-refractivity contribution >= 4 is 50.3 Å². The number of methoxy groups -OCH3 is 1. The van der Waals surface area contributed by atoms with Gasteiger partial charge in [-0.3, -0.25) is 10.1 Å². The highest BCUT2D eigenvalue weighted by atomic mass is 35.5. The summed E-state index contributed by atoms with van der Waals surface area (Å²) >= 11 is 6.96. The molecule has 3 aromatic rings. The summed E-state index contributed by atoms with van der Waals surface area (Å²) in [5.41, 5.74) is 0.620. The number of carbonyl (C=O) groups excluding carboxylic acids is 1. The van der Waals surface area contributed by atoms with Gasteiger partial charge in [0, 0.05) is 6.08 Å². The van der Waals surface area contributed by atoms with Gasteiger partial charge in [0.25, 0.3) is 5.91 Å².